The Kier molecular flexibility index (Phi) is 4.52. The second-order valence-electron chi connectivity index (χ2n) is 4.26. The van der Waals surface area contributed by atoms with Crippen LogP contribution in [0.3, 0.4) is 0 Å². The van der Waals surface area contributed by atoms with Gasteiger partial charge in [-0.15, -0.1) is 0 Å². The van der Waals surface area contributed by atoms with Gasteiger partial charge in [0.05, 0.1) is 18.9 Å². The van der Waals surface area contributed by atoms with Crippen LogP contribution in [0.4, 0.5) is 10.1 Å². The Hall–Kier alpha value is -1.88. The van der Waals surface area contributed by atoms with Gasteiger partial charge in [0, 0.05) is 18.9 Å². The van der Waals surface area contributed by atoms with Gasteiger partial charge in [0.15, 0.2) is 0 Å². The Bertz CT molecular complexity index is 470. The van der Waals surface area contributed by atoms with Crippen LogP contribution in [0.2, 0.25) is 0 Å². The third kappa shape index (κ3) is 3.79. The molecule has 0 bridgehead atoms. The van der Waals surface area contributed by atoms with Crippen molar-refractivity contribution in [3.63, 3.8) is 0 Å². The van der Waals surface area contributed by atoms with Gasteiger partial charge in [-0.05, 0) is 18.2 Å². The standard InChI is InChI=1S/C14H16FNO3/c1-2-14(17)16-12-4-3-10(15)9-13(12)19-11-5-7-18-8-6-11/h2-4,9,11H,1,5-8H2,(H,16,17). The molecule has 5 heteroatoms. The minimum Gasteiger partial charge on any atom is -0.488 e. The maximum Gasteiger partial charge on any atom is 0.247 e. The summed E-state index contributed by atoms with van der Waals surface area (Å²) in [5.74, 6) is -0.427. The minimum atomic E-state index is -0.404. The van der Waals surface area contributed by atoms with E-state index >= 15 is 0 Å². The summed E-state index contributed by atoms with van der Waals surface area (Å²) in [6.45, 7) is 4.64. The molecular weight excluding hydrogens is 249 g/mol. The van der Waals surface area contributed by atoms with E-state index < -0.39 is 5.82 Å². The van der Waals surface area contributed by atoms with Crippen molar-refractivity contribution in [3.05, 3.63) is 36.7 Å². The number of benzene rings is 1. The van der Waals surface area contributed by atoms with E-state index in [4.69, 9.17) is 9.47 Å². The number of carbonyl (C=O) groups excluding carboxylic acids is 1. The van der Waals surface area contributed by atoms with Crippen molar-refractivity contribution in [2.45, 2.75) is 18.9 Å². The highest BCUT2D eigenvalue weighted by Crippen LogP contribution is 2.28. The van der Waals surface area contributed by atoms with Crippen LogP contribution in [0.15, 0.2) is 30.9 Å². The zero-order valence-electron chi connectivity index (χ0n) is 10.5. The summed E-state index contributed by atoms with van der Waals surface area (Å²) in [6, 6.07) is 4.02. The number of rotatable bonds is 4. The fraction of sp³-hybridized carbons (Fsp3) is 0.357. The van der Waals surface area contributed by atoms with Crippen LogP contribution in [-0.2, 0) is 9.53 Å². The fourth-order valence-electron chi connectivity index (χ4n) is 1.85. The predicted molar refractivity (Wildman–Crippen MR) is 69.7 cm³/mol. The first-order valence-corrected chi connectivity index (χ1v) is 6.16. The first-order valence-electron chi connectivity index (χ1n) is 6.16. The van der Waals surface area contributed by atoms with E-state index in [9.17, 15) is 9.18 Å². The molecule has 0 spiro atoms. The van der Waals surface area contributed by atoms with Crippen molar-refractivity contribution >= 4 is 11.6 Å². The second-order valence-corrected chi connectivity index (χ2v) is 4.26. The number of anilines is 1. The first-order chi connectivity index (χ1) is 9.19. The molecule has 1 aliphatic heterocycles. The molecule has 1 aliphatic rings. The highest BCUT2D eigenvalue weighted by Gasteiger charge is 2.17. The summed E-state index contributed by atoms with van der Waals surface area (Å²) in [7, 11) is 0. The van der Waals surface area contributed by atoms with Gasteiger partial charge >= 0.3 is 0 Å². The smallest absolute Gasteiger partial charge is 0.247 e. The van der Waals surface area contributed by atoms with E-state index in [1.54, 1.807) is 0 Å². The Morgan fingerprint density at radius 2 is 2.21 bits per heavy atom. The summed E-state index contributed by atoms with van der Waals surface area (Å²) in [5, 5.41) is 2.60. The molecule has 1 heterocycles. The van der Waals surface area contributed by atoms with Crippen LogP contribution in [0.1, 0.15) is 12.8 Å². The van der Waals surface area contributed by atoms with Crippen LogP contribution in [0.25, 0.3) is 0 Å². The highest BCUT2D eigenvalue weighted by atomic mass is 19.1. The monoisotopic (exact) mass is 265 g/mol. The average molecular weight is 265 g/mol. The molecule has 1 saturated heterocycles. The molecule has 19 heavy (non-hydrogen) atoms. The Morgan fingerprint density at radius 3 is 2.89 bits per heavy atom. The fourth-order valence-corrected chi connectivity index (χ4v) is 1.85. The van der Waals surface area contributed by atoms with Crippen LogP contribution in [-0.4, -0.2) is 25.2 Å². The lowest BCUT2D eigenvalue weighted by Crippen LogP contribution is -2.26. The van der Waals surface area contributed by atoms with Crippen molar-refractivity contribution < 1.29 is 18.7 Å². The molecule has 1 N–H and O–H groups in total. The number of nitrogens with one attached hydrogen (secondary N) is 1. The molecule has 4 nitrogen and oxygen atoms in total. The van der Waals surface area contributed by atoms with Gasteiger partial charge in [-0.3, -0.25) is 4.79 Å². The summed E-state index contributed by atoms with van der Waals surface area (Å²) >= 11 is 0. The molecule has 1 aromatic rings. The molecular formula is C14H16FNO3. The summed E-state index contributed by atoms with van der Waals surface area (Å²) in [6.07, 6.45) is 2.65. The Balaban J connectivity index is 2.13. The van der Waals surface area contributed by atoms with Gasteiger partial charge in [0.1, 0.15) is 17.7 Å². The van der Waals surface area contributed by atoms with E-state index in [0.717, 1.165) is 18.9 Å². The first kappa shape index (κ1) is 13.5. The van der Waals surface area contributed by atoms with Gasteiger partial charge < -0.3 is 14.8 Å². The summed E-state index contributed by atoms with van der Waals surface area (Å²) in [4.78, 5) is 11.3. The number of ether oxygens (including phenoxy) is 2. The quantitative estimate of drug-likeness (QED) is 0.851. The van der Waals surface area contributed by atoms with Crippen molar-refractivity contribution in [1.29, 1.82) is 0 Å². The zero-order chi connectivity index (χ0) is 13.7. The van der Waals surface area contributed by atoms with Crippen LogP contribution in [0.5, 0.6) is 5.75 Å². The molecule has 1 aromatic carbocycles. The van der Waals surface area contributed by atoms with Crippen LogP contribution in [0, 0.1) is 5.82 Å². The summed E-state index contributed by atoms with van der Waals surface area (Å²) < 4.78 is 24.3. The zero-order valence-corrected chi connectivity index (χ0v) is 10.5. The van der Waals surface area contributed by atoms with Gasteiger partial charge in [0.2, 0.25) is 5.91 Å². The normalized spacial score (nSPS) is 15.8. The lowest BCUT2D eigenvalue weighted by Gasteiger charge is -2.24. The molecule has 1 fully saturated rings. The maximum atomic E-state index is 13.3. The SMILES string of the molecule is C=CC(=O)Nc1ccc(F)cc1OC1CCOCC1. The van der Waals surface area contributed by atoms with Crippen molar-refractivity contribution in [3.8, 4) is 5.75 Å². The number of halogens is 1. The third-order valence-electron chi connectivity index (χ3n) is 2.85. The molecule has 1 amide bonds. The summed E-state index contributed by atoms with van der Waals surface area (Å²) in [5.41, 5.74) is 0.442. The molecule has 2 rings (SSSR count). The van der Waals surface area contributed by atoms with Crippen LogP contribution < -0.4 is 10.1 Å². The largest absolute Gasteiger partial charge is 0.488 e. The molecule has 0 radical (unpaired) electrons. The van der Waals surface area contributed by atoms with E-state index in [1.807, 2.05) is 0 Å². The van der Waals surface area contributed by atoms with Crippen molar-refractivity contribution in [1.82, 2.24) is 0 Å². The number of hydrogen-bond acceptors (Lipinski definition) is 3. The molecule has 102 valence electrons. The Morgan fingerprint density at radius 1 is 1.47 bits per heavy atom. The lowest BCUT2D eigenvalue weighted by molar-refractivity contribution is -0.111. The molecule has 0 unspecified atom stereocenters. The number of carbonyl (C=O) groups is 1. The molecule has 0 atom stereocenters. The van der Waals surface area contributed by atoms with Crippen LogP contribution >= 0.6 is 0 Å². The minimum absolute atomic E-state index is 0.0186. The second kappa shape index (κ2) is 6.33. The third-order valence-corrected chi connectivity index (χ3v) is 2.85. The van der Waals surface area contributed by atoms with Gasteiger partial charge in [-0.2, -0.15) is 0 Å². The average Bonchev–Trinajstić information content (AvgIpc) is 2.43. The highest BCUT2D eigenvalue weighted by molar-refractivity contribution is 5.99. The molecule has 0 aromatic heterocycles. The topological polar surface area (TPSA) is 47.6 Å². The van der Waals surface area contributed by atoms with Crippen molar-refractivity contribution in [2.75, 3.05) is 18.5 Å². The van der Waals surface area contributed by atoms with E-state index in [2.05, 4.69) is 11.9 Å². The predicted octanol–water partition coefficient (Wildman–Crippen LogP) is 2.51. The van der Waals surface area contributed by atoms with Crippen molar-refractivity contribution in [2.24, 2.45) is 0 Å². The molecule has 0 aliphatic carbocycles. The van der Waals surface area contributed by atoms with Gasteiger partial charge in [-0.25, -0.2) is 4.39 Å². The van der Waals surface area contributed by atoms with E-state index in [1.165, 1.54) is 18.2 Å². The Labute approximate surface area is 111 Å². The molecule has 0 saturated carbocycles. The maximum absolute atomic E-state index is 13.3. The van der Waals surface area contributed by atoms with Gasteiger partial charge in [0.25, 0.3) is 0 Å². The van der Waals surface area contributed by atoms with Gasteiger partial charge in [-0.1, -0.05) is 6.58 Å². The number of amides is 1. The van der Waals surface area contributed by atoms with E-state index in [-0.39, 0.29) is 12.0 Å². The number of hydrogen-bond donors (Lipinski definition) is 1. The van der Waals surface area contributed by atoms with E-state index in [0.29, 0.717) is 24.7 Å². The lowest BCUT2D eigenvalue weighted by atomic mass is 10.1.